The molecule has 0 aliphatic rings. The van der Waals surface area contributed by atoms with Crippen molar-refractivity contribution in [3.05, 3.63) is 75.8 Å². The molecule has 6 nitrogen and oxygen atoms in total. The van der Waals surface area contributed by atoms with Crippen molar-refractivity contribution in [3.8, 4) is 5.75 Å². The molecule has 0 fully saturated rings. The third-order valence-corrected chi connectivity index (χ3v) is 2.73. The quantitative estimate of drug-likeness (QED) is 0.353. The van der Waals surface area contributed by atoms with Gasteiger partial charge in [0, 0.05) is 0 Å². The first-order chi connectivity index (χ1) is 10.1. The van der Waals surface area contributed by atoms with Gasteiger partial charge in [0.05, 0.1) is 5.56 Å². The van der Waals surface area contributed by atoms with Crippen LogP contribution < -0.4 is 4.74 Å². The molecule has 0 saturated carbocycles. The lowest BCUT2D eigenvalue weighted by Gasteiger charge is -2.05. The summed E-state index contributed by atoms with van der Waals surface area (Å²) >= 11 is 0. The number of ether oxygens (including phenoxy) is 1. The van der Waals surface area contributed by atoms with Gasteiger partial charge in [0.1, 0.15) is 12.4 Å². The van der Waals surface area contributed by atoms with E-state index in [4.69, 9.17) is 4.74 Å². The Labute approximate surface area is 121 Å². The van der Waals surface area contributed by atoms with Gasteiger partial charge in [0.2, 0.25) is 0 Å². The second kappa shape index (κ2) is 7.04. The second-order valence-corrected chi connectivity index (χ2v) is 4.21. The molecular weight excluding hydrogens is 274 g/mol. The fraction of sp³-hybridized carbons (Fsp3) is 0.133. The fourth-order valence-corrected chi connectivity index (χ4v) is 1.70. The van der Waals surface area contributed by atoms with Gasteiger partial charge in [0.25, 0.3) is 5.09 Å². The maximum absolute atomic E-state index is 11.8. The molecule has 0 spiro atoms. The van der Waals surface area contributed by atoms with Crippen molar-refractivity contribution in [1.82, 2.24) is 0 Å². The standard InChI is InChI=1S/C15H13NO5/c17-15(13-4-2-1-3-5-13)21-14-8-6-12(7-9-14)10-11-20-16(18)19/h1-9H,10-11H2. The first kappa shape index (κ1) is 14.5. The van der Waals surface area contributed by atoms with Gasteiger partial charge in [-0.1, -0.05) is 30.3 Å². The van der Waals surface area contributed by atoms with Crippen LogP contribution >= 0.6 is 0 Å². The van der Waals surface area contributed by atoms with Crippen molar-refractivity contribution < 1.29 is 19.5 Å². The van der Waals surface area contributed by atoms with Crippen molar-refractivity contribution in [2.75, 3.05) is 6.61 Å². The Kier molecular flexibility index (Phi) is 4.87. The van der Waals surface area contributed by atoms with E-state index in [0.29, 0.717) is 17.7 Å². The van der Waals surface area contributed by atoms with E-state index < -0.39 is 11.1 Å². The average Bonchev–Trinajstić information content (AvgIpc) is 2.49. The lowest BCUT2D eigenvalue weighted by atomic mass is 10.1. The van der Waals surface area contributed by atoms with E-state index in [0.717, 1.165) is 5.56 Å². The minimum atomic E-state index is -0.823. The van der Waals surface area contributed by atoms with Gasteiger partial charge >= 0.3 is 5.97 Å². The molecule has 2 rings (SSSR count). The van der Waals surface area contributed by atoms with Crippen LogP contribution in [0, 0.1) is 10.1 Å². The highest BCUT2D eigenvalue weighted by Crippen LogP contribution is 2.14. The van der Waals surface area contributed by atoms with Gasteiger partial charge < -0.3 is 9.57 Å². The van der Waals surface area contributed by atoms with Gasteiger partial charge in [-0.2, -0.15) is 0 Å². The Morgan fingerprint density at radius 3 is 2.33 bits per heavy atom. The maximum atomic E-state index is 11.8. The number of rotatable bonds is 6. The highest BCUT2D eigenvalue weighted by Gasteiger charge is 2.07. The molecule has 2 aromatic rings. The summed E-state index contributed by atoms with van der Waals surface area (Å²) in [6.07, 6.45) is 0.411. The van der Waals surface area contributed by atoms with Crippen LogP contribution in [-0.2, 0) is 11.3 Å². The fourth-order valence-electron chi connectivity index (χ4n) is 1.70. The van der Waals surface area contributed by atoms with E-state index in [-0.39, 0.29) is 6.61 Å². The lowest BCUT2D eigenvalue weighted by Crippen LogP contribution is -2.08. The lowest BCUT2D eigenvalue weighted by molar-refractivity contribution is -0.757. The van der Waals surface area contributed by atoms with Gasteiger partial charge in [0.15, 0.2) is 0 Å². The summed E-state index contributed by atoms with van der Waals surface area (Å²) in [6, 6.07) is 15.4. The normalized spacial score (nSPS) is 9.90. The molecular formula is C15H13NO5. The van der Waals surface area contributed by atoms with E-state index in [1.807, 2.05) is 6.07 Å². The smallest absolute Gasteiger partial charge is 0.343 e. The van der Waals surface area contributed by atoms with Gasteiger partial charge in [-0.05, 0) is 36.2 Å². The molecule has 0 radical (unpaired) electrons. The number of benzene rings is 2. The van der Waals surface area contributed by atoms with Crippen molar-refractivity contribution in [3.63, 3.8) is 0 Å². The van der Waals surface area contributed by atoms with Gasteiger partial charge in [-0.25, -0.2) is 4.79 Å². The Bertz CT molecular complexity index is 610. The summed E-state index contributed by atoms with van der Waals surface area (Å²) in [5, 5.41) is 9.20. The Hall–Kier alpha value is -2.89. The summed E-state index contributed by atoms with van der Waals surface area (Å²) < 4.78 is 5.22. The van der Waals surface area contributed by atoms with Gasteiger partial charge in [-0.3, -0.25) is 0 Å². The highest BCUT2D eigenvalue weighted by molar-refractivity contribution is 5.90. The topological polar surface area (TPSA) is 78.7 Å². The number of hydrogen-bond donors (Lipinski definition) is 0. The highest BCUT2D eigenvalue weighted by atomic mass is 16.9. The second-order valence-electron chi connectivity index (χ2n) is 4.21. The third-order valence-electron chi connectivity index (χ3n) is 2.73. The predicted molar refractivity (Wildman–Crippen MR) is 74.5 cm³/mol. The number of hydrogen-bond acceptors (Lipinski definition) is 5. The molecule has 6 heteroatoms. The molecule has 0 bridgehead atoms. The molecule has 2 aromatic carbocycles. The van der Waals surface area contributed by atoms with Crippen LogP contribution in [0.25, 0.3) is 0 Å². The number of nitrogens with zero attached hydrogens (tertiary/aromatic N) is 1. The molecule has 0 amide bonds. The first-order valence-electron chi connectivity index (χ1n) is 6.28. The molecule has 0 aliphatic carbocycles. The van der Waals surface area contributed by atoms with Gasteiger partial charge in [-0.15, -0.1) is 10.1 Å². The van der Waals surface area contributed by atoms with E-state index in [1.54, 1.807) is 48.5 Å². The number of carbonyl (C=O) groups excluding carboxylic acids is 1. The first-order valence-corrected chi connectivity index (χ1v) is 6.28. The van der Waals surface area contributed by atoms with Crippen molar-refractivity contribution in [2.24, 2.45) is 0 Å². The van der Waals surface area contributed by atoms with Crippen molar-refractivity contribution in [2.45, 2.75) is 6.42 Å². The third kappa shape index (κ3) is 4.61. The van der Waals surface area contributed by atoms with Crippen LogP contribution in [-0.4, -0.2) is 17.7 Å². The van der Waals surface area contributed by atoms with Crippen LogP contribution in [0.4, 0.5) is 0 Å². The molecule has 0 aromatic heterocycles. The van der Waals surface area contributed by atoms with E-state index in [1.165, 1.54) is 0 Å². The zero-order chi connectivity index (χ0) is 15.1. The SMILES string of the molecule is O=C(Oc1ccc(CCO[N+](=O)[O-])cc1)c1ccccc1. The molecule has 0 N–H and O–H groups in total. The summed E-state index contributed by atoms with van der Waals surface area (Å²) in [4.78, 5) is 26.1. The van der Waals surface area contributed by atoms with Crippen LogP contribution in [0.3, 0.4) is 0 Å². The Morgan fingerprint density at radius 1 is 1.05 bits per heavy atom. The summed E-state index contributed by atoms with van der Waals surface area (Å²) in [5.41, 5.74) is 1.33. The monoisotopic (exact) mass is 287 g/mol. The molecule has 0 saturated heterocycles. The maximum Gasteiger partial charge on any atom is 0.343 e. The molecule has 0 aliphatic heterocycles. The van der Waals surface area contributed by atoms with Crippen molar-refractivity contribution in [1.29, 1.82) is 0 Å². The number of esters is 1. The molecule has 21 heavy (non-hydrogen) atoms. The van der Waals surface area contributed by atoms with Crippen LogP contribution in [0.2, 0.25) is 0 Å². The average molecular weight is 287 g/mol. The van der Waals surface area contributed by atoms with Crippen molar-refractivity contribution >= 4 is 5.97 Å². The molecule has 0 atom stereocenters. The molecule has 0 heterocycles. The van der Waals surface area contributed by atoms with Crippen LogP contribution in [0.5, 0.6) is 5.75 Å². The largest absolute Gasteiger partial charge is 0.423 e. The van der Waals surface area contributed by atoms with E-state index in [9.17, 15) is 14.9 Å². The van der Waals surface area contributed by atoms with Crippen LogP contribution in [0.1, 0.15) is 15.9 Å². The Balaban J connectivity index is 1.90. The summed E-state index contributed by atoms with van der Waals surface area (Å²) in [7, 11) is 0. The Morgan fingerprint density at radius 2 is 1.71 bits per heavy atom. The summed E-state index contributed by atoms with van der Waals surface area (Å²) in [6.45, 7) is -0.00382. The predicted octanol–water partition coefficient (Wildman–Crippen LogP) is 2.66. The minimum absolute atomic E-state index is 0.00382. The van der Waals surface area contributed by atoms with E-state index in [2.05, 4.69) is 4.84 Å². The van der Waals surface area contributed by atoms with E-state index >= 15 is 0 Å². The van der Waals surface area contributed by atoms with Crippen LogP contribution in [0.15, 0.2) is 54.6 Å². The minimum Gasteiger partial charge on any atom is -0.423 e. The summed E-state index contributed by atoms with van der Waals surface area (Å²) in [5.74, 6) is -0.0113. The molecule has 0 unspecified atom stereocenters. The number of carbonyl (C=O) groups is 1. The zero-order valence-electron chi connectivity index (χ0n) is 11.1. The zero-order valence-corrected chi connectivity index (χ0v) is 11.1. The molecule has 108 valence electrons.